The lowest BCUT2D eigenvalue weighted by atomic mass is 10.1. The highest BCUT2D eigenvalue weighted by atomic mass is 16.5. The van der Waals surface area contributed by atoms with Gasteiger partial charge in [-0.1, -0.05) is 36.4 Å². The number of benzene rings is 4. The number of unbranched alkanes of at least 4 members (excludes halogenated alkanes) is 4. The lowest BCUT2D eigenvalue weighted by Gasteiger charge is -2.09. The number of rotatable bonds is 17. The van der Waals surface area contributed by atoms with Crippen LogP contribution >= 0.6 is 0 Å². The van der Waals surface area contributed by atoms with Crippen molar-refractivity contribution in [2.24, 2.45) is 0 Å². The third-order valence-electron chi connectivity index (χ3n) is 6.79. The monoisotopic (exact) mass is 590 g/mol. The molecule has 0 spiro atoms. The van der Waals surface area contributed by atoms with E-state index in [2.05, 4.69) is 13.2 Å². The van der Waals surface area contributed by atoms with Crippen LogP contribution in [-0.4, -0.2) is 25.2 Å². The molecule has 0 saturated heterocycles. The molecule has 0 bridgehead atoms. The van der Waals surface area contributed by atoms with E-state index in [4.69, 9.17) is 18.9 Å². The first kappa shape index (κ1) is 31.8. The van der Waals surface area contributed by atoms with Crippen molar-refractivity contribution in [3.05, 3.63) is 133 Å². The van der Waals surface area contributed by atoms with Gasteiger partial charge in [0, 0.05) is 0 Å². The van der Waals surface area contributed by atoms with E-state index >= 15 is 0 Å². The highest BCUT2D eigenvalue weighted by molar-refractivity contribution is 5.92. The maximum Gasteiger partial charge on any atom is 0.343 e. The van der Waals surface area contributed by atoms with Crippen molar-refractivity contribution >= 4 is 11.9 Å². The maximum atomic E-state index is 12.6. The first-order valence-corrected chi connectivity index (χ1v) is 14.9. The molecule has 4 aromatic carbocycles. The fourth-order valence-corrected chi connectivity index (χ4v) is 4.30. The Bertz CT molecular complexity index is 1370. The van der Waals surface area contributed by atoms with E-state index in [9.17, 15) is 9.59 Å². The van der Waals surface area contributed by atoms with Gasteiger partial charge in [0.1, 0.15) is 23.0 Å². The lowest BCUT2D eigenvalue weighted by molar-refractivity contribution is 0.0725. The van der Waals surface area contributed by atoms with E-state index in [-0.39, 0.29) is 0 Å². The van der Waals surface area contributed by atoms with Gasteiger partial charge in [0.15, 0.2) is 0 Å². The molecule has 6 nitrogen and oxygen atoms in total. The number of hydrogen-bond acceptors (Lipinski definition) is 6. The van der Waals surface area contributed by atoms with Crippen LogP contribution in [0, 0.1) is 0 Å². The normalized spacial score (nSPS) is 10.5. The Kier molecular flexibility index (Phi) is 12.4. The zero-order valence-corrected chi connectivity index (χ0v) is 24.9. The van der Waals surface area contributed by atoms with Gasteiger partial charge in [-0.3, -0.25) is 0 Å². The molecule has 0 amide bonds. The molecule has 0 fully saturated rings. The molecule has 0 unspecified atom stereocenters. The van der Waals surface area contributed by atoms with Gasteiger partial charge in [0.05, 0.1) is 24.3 Å². The average Bonchev–Trinajstić information content (AvgIpc) is 3.06. The Balaban J connectivity index is 1.24. The van der Waals surface area contributed by atoms with Crippen LogP contribution < -0.4 is 18.9 Å². The summed E-state index contributed by atoms with van der Waals surface area (Å²) >= 11 is 0. The molecule has 0 saturated carbocycles. The third kappa shape index (κ3) is 10.0. The first-order chi connectivity index (χ1) is 21.6. The van der Waals surface area contributed by atoms with Crippen molar-refractivity contribution in [1.82, 2.24) is 0 Å². The average molecular weight is 591 g/mol. The van der Waals surface area contributed by atoms with E-state index < -0.39 is 11.9 Å². The topological polar surface area (TPSA) is 71.1 Å². The molecule has 0 heterocycles. The van der Waals surface area contributed by atoms with Crippen LogP contribution in [0.3, 0.4) is 0 Å². The summed E-state index contributed by atoms with van der Waals surface area (Å²) in [7, 11) is 0. The minimum Gasteiger partial charge on any atom is -0.494 e. The number of hydrogen-bond donors (Lipinski definition) is 0. The van der Waals surface area contributed by atoms with Crippen molar-refractivity contribution in [2.45, 2.75) is 38.5 Å². The van der Waals surface area contributed by atoms with Gasteiger partial charge in [-0.05, 0) is 122 Å². The van der Waals surface area contributed by atoms with Crippen LogP contribution in [0.25, 0.3) is 11.1 Å². The molecule has 0 atom stereocenters. The van der Waals surface area contributed by atoms with Crippen molar-refractivity contribution in [1.29, 1.82) is 0 Å². The molecule has 4 rings (SSSR count). The van der Waals surface area contributed by atoms with Gasteiger partial charge in [0.2, 0.25) is 0 Å². The summed E-state index contributed by atoms with van der Waals surface area (Å²) < 4.78 is 22.5. The Morgan fingerprint density at radius 1 is 0.477 bits per heavy atom. The maximum absolute atomic E-state index is 12.6. The quantitative estimate of drug-likeness (QED) is 0.0528. The van der Waals surface area contributed by atoms with Crippen LogP contribution in [0.4, 0.5) is 0 Å². The molecule has 0 aliphatic carbocycles. The van der Waals surface area contributed by atoms with Gasteiger partial charge in [0.25, 0.3) is 0 Å². The molecule has 44 heavy (non-hydrogen) atoms. The smallest absolute Gasteiger partial charge is 0.343 e. The molecule has 226 valence electrons. The highest BCUT2D eigenvalue weighted by Crippen LogP contribution is 2.26. The summed E-state index contributed by atoms with van der Waals surface area (Å²) in [6.07, 6.45) is 9.73. The standard InChI is InChI=1S/C38H38O6/c1-3-5-7-9-27-41-33-19-15-31(16-20-33)37(39)43-35-23-11-29(12-24-35)30-13-25-36(26-14-30)44-38(40)32-17-21-34(22-18-32)42-28-10-8-6-4-2/h3-4,11-26H,1-2,5-10,27-28H2. The number of esters is 2. The van der Waals surface area contributed by atoms with Crippen LogP contribution in [0.15, 0.2) is 122 Å². The second-order valence-corrected chi connectivity index (χ2v) is 10.1. The van der Waals surface area contributed by atoms with E-state index in [1.807, 2.05) is 36.4 Å². The van der Waals surface area contributed by atoms with Gasteiger partial charge >= 0.3 is 11.9 Å². The number of allylic oxidation sites excluding steroid dienone is 2. The van der Waals surface area contributed by atoms with Gasteiger partial charge in [-0.25, -0.2) is 9.59 Å². The molecular formula is C38H38O6. The molecule has 0 aliphatic rings. The van der Waals surface area contributed by atoms with Crippen molar-refractivity contribution in [2.75, 3.05) is 13.2 Å². The predicted octanol–water partition coefficient (Wildman–Crippen LogP) is 9.26. The number of ether oxygens (including phenoxy) is 4. The van der Waals surface area contributed by atoms with Gasteiger partial charge < -0.3 is 18.9 Å². The fourth-order valence-electron chi connectivity index (χ4n) is 4.30. The van der Waals surface area contributed by atoms with Crippen LogP contribution in [0.1, 0.15) is 59.2 Å². The van der Waals surface area contributed by atoms with Crippen molar-refractivity contribution in [3.8, 4) is 34.1 Å². The van der Waals surface area contributed by atoms with Crippen molar-refractivity contribution in [3.63, 3.8) is 0 Å². The second-order valence-electron chi connectivity index (χ2n) is 10.1. The Labute approximate surface area is 259 Å². The summed E-state index contributed by atoms with van der Waals surface area (Å²) in [5.74, 6) is 1.43. The predicted molar refractivity (Wildman–Crippen MR) is 174 cm³/mol. The molecule has 0 radical (unpaired) electrons. The Hall–Kier alpha value is -5.10. The lowest BCUT2D eigenvalue weighted by Crippen LogP contribution is -2.08. The first-order valence-electron chi connectivity index (χ1n) is 14.9. The minimum absolute atomic E-state index is 0.441. The summed E-state index contributed by atoms with van der Waals surface area (Å²) in [6, 6.07) is 28.3. The molecule has 6 heteroatoms. The second kappa shape index (κ2) is 17.1. The van der Waals surface area contributed by atoms with E-state index in [0.717, 1.165) is 61.2 Å². The van der Waals surface area contributed by atoms with Gasteiger partial charge in [-0.15, -0.1) is 13.2 Å². The SMILES string of the molecule is C=CCCCCOc1ccc(C(=O)Oc2ccc(-c3ccc(OC(=O)c4ccc(OCCCCC=C)cc4)cc3)cc2)cc1. The Morgan fingerprint density at radius 3 is 1.16 bits per heavy atom. The van der Waals surface area contributed by atoms with E-state index in [0.29, 0.717) is 35.8 Å². The molecule has 4 aromatic rings. The minimum atomic E-state index is -0.442. The number of carbonyl (C=O) groups is 2. The zero-order chi connectivity index (χ0) is 31.0. The van der Waals surface area contributed by atoms with E-state index in [1.165, 1.54) is 0 Å². The highest BCUT2D eigenvalue weighted by Gasteiger charge is 2.11. The molecular weight excluding hydrogens is 552 g/mol. The van der Waals surface area contributed by atoms with Gasteiger partial charge in [-0.2, -0.15) is 0 Å². The summed E-state index contributed by atoms with van der Waals surface area (Å²) in [6.45, 7) is 8.69. The van der Waals surface area contributed by atoms with Crippen LogP contribution in [0.2, 0.25) is 0 Å². The largest absolute Gasteiger partial charge is 0.494 e. The van der Waals surface area contributed by atoms with E-state index in [1.54, 1.807) is 72.8 Å². The zero-order valence-electron chi connectivity index (χ0n) is 24.9. The summed E-state index contributed by atoms with van der Waals surface area (Å²) in [5, 5.41) is 0. The third-order valence-corrected chi connectivity index (χ3v) is 6.79. The molecule has 0 aliphatic heterocycles. The van der Waals surface area contributed by atoms with Crippen LogP contribution in [0.5, 0.6) is 23.0 Å². The molecule has 0 N–H and O–H groups in total. The van der Waals surface area contributed by atoms with Crippen molar-refractivity contribution < 1.29 is 28.5 Å². The Morgan fingerprint density at radius 2 is 0.818 bits per heavy atom. The fraction of sp³-hybridized carbons (Fsp3) is 0.211. The number of carbonyl (C=O) groups excluding carboxylic acids is 2. The summed E-state index contributed by atoms with van der Waals surface area (Å²) in [4.78, 5) is 25.2. The van der Waals surface area contributed by atoms with Crippen LogP contribution in [-0.2, 0) is 0 Å². The molecule has 0 aromatic heterocycles. The summed E-state index contributed by atoms with van der Waals surface area (Å²) in [5.41, 5.74) is 2.74.